The van der Waals surface area contributed by atoms with E-state index in [1.54, 1.807) is 18.4 Å². The fourth-order valence-corrected chi connectivity index (χ4v) is 3.53. The van der Waals surface area contributed by atoms with Crippen LogP contribution in [0.1, 0.15) is 29.0 Å². The maximum Gasteiger partial charge on any atom is 0.124 e. The zero-order valence-electron chi connectivity index (χ0n) is 12.9. The minimum atomic E-state index is 0.165. The predicted molar refractivity (Wildman–Crippen MR) is 88.4 cm³/mol. The highest BCUT2D eigenvalue weighted by Gasteiger charge is 2.20. The van der Waals surface area contributed by atoms with Crippen LogP contribution in [0.15, 0.2) is 35.7 Å². The summed E-state index contributed by atoms with van der Waals surface area (Å²) in [5, 5.41) is 5.59. The third kappa shape index (κ3) is 3.84. The number of ether oxygens (including phenoxy) is 2. The van der Waals surface area contributed by atoms with Crippen LogP contribution >= 0.6 is 11.3 Å². The molecule has 0 radical (unpaired) electrons. The lowest BCUT2D eigenvalue weighted by Gasteiger charge is -2.20. The Morgan fingerprint density at radius 2 is 2.00 bits per heavy atom. The molecule has 0 amide bonds. The molecule has 0 aliphatic rings. The zero-order chi connectivity index (χ0) is 15.1. The van der Waals surface area contributed by atoms with Crippen molar-refractivity contribution in [3.63, 3.8) is 0 Å². The predicted octanol–water partition coefficient (Wildman–Crippen LogP) is 3.64. The van der Waals surface area contributed by atoms with Gasteiger partial charge < -0.3 is 14.8 Å². The van der Waals surface area contributed by atoms with Crippen LogP contribution in [0.3, 0.4) is 0 Å². The van der Waals surface area contributed by atoms with E-state index in [0.717, 1.165) is 12.2 Å². The molecule has 0 spiro atoms. The van der Waals surface area contributed by atoms with E-state index < -0.39 is 0 Å². The van der Waals surface area contributed by atoms with Crippen LogP contribution in [0, 0.1) is 0 Å². The normalized spacial score (nSPS) is 12.3. The smallest absolute Gasteiger partial charge is 0.124 e. The molecule has 4 heteroatoms. The highest BCUT2D eigenvalue weighted by molar-refractivity contribution is 7.10. The first-order valence-corrected chi connectivity index (χ1v) is 8.14. The summed E-state index contributed by atoms with van der Waals surface area (Å²) in [7, 11) is 3.68. The molecule has 0 bridgehead atoms. The van der Waals surface area contributed by atoms with Gasteiger partial charge in [-0.3, -0.25) is 0 Å². The van der Waals surface area contributed by atoms with E-state index in [2.05, 4.69) is 35.8 Å². The molecule has 114 valence electrons. The van der Waals surface area contributed by atoms with E-state index in [4.69, 9.17) is 9.47 Å². The molecule has 0 saturated carbocycles. The monoisotopic (exact) mass is 305 g/mol. The number of methoxy groups -OCH3 is 1. The Balaban J connectivity index is 2.29. The zero-order valence-corrected chi connectivity index (χ0v) is 13.7. The fourth-order valence-electron chi connectivity index (χ4n) is 2.41. The van der Waals surface area contributed by atoms with Crippen molar-refractivity contribution in [1.29, 1.82) is 0 Å². The van der Waals surface area contributed by atoms with Gasteiger partial charge in [0.15, 0.2) is 0 Å². The Morgan fingerprint density at radius 3 is 2.71 bits per heavy atom. The van der Waals surface area contributed by atoms with Crippen LogP contribution in [0.4, 0.5) is 0 Å². The Bertz CT molecular complexity index is 553. The van der Waals surface area contributed by atoms with Crippen molar-refractivity contribution in [1.82, 2.24) is 5.32 Å². The SMILES string of the molecule is CCc1ccsc1C(NC)c1ccccc1OCCOC. The average Bonchev–Trinajstić information content (AvgIpc) is 2.98. The van der Waals surface area contributed by atoms with Crippen molar-refractivity contribution in [3.05, 3.63) is 51.7 Å². The first-order chi connectivity index (χ1) is 10.3. The maximum absolute atomic E-state index is 5.87. The lowest BCUT2D eigenvalue weighted by atomic mass is 10.0. The summed E-state index contributed by atoms with van der Waals surface area (Å²) in [6.07, 6.45) is 1.05. The molecule has 0 saturated heterocycles. The maximum atomic E-state index is 5.87. The third-order valence-electron chi connectivity index (χ3n) is 3.49. The Kier molecular flexibility index (Phi) is 6.23. The van der Waals surface area contributed by atoms with Gasteiger partial charge in [-0.05, 0) is 36.5 Å². The first-order valence-electron chi connectivity index (χ1n) is 7.26. The standard InChI is InChI=1S/C17H23NO2S/c1-4-13-9-12-21-17(13)16(18-2)14-7-5-6-8-15(14)20-11-10-19-3/h5-9,12,16,18H,4,10-11H2,1-3H3. The van der Waals surface area contributed by atoms with E-state index in [0.29, 0.717) is 13.2 Å². The van der Waals surface area contributed by atoms with Gasteiger partial charge in [-0.15, -0.1) is 11.3 Å². The molecule has 0 fully saturated rings. The molecule has 21 heavy (non-hydrogen) atoms. The minimum Gasteiger partial charge on any atom is -0.491 e. The summed E-state index contributed by atoms with van der Waals surface area (Å²) >= 11 is 1.80. The van der Waals surface area contributed by atoms with Gasteiger partial charge >= 0.3 is 0 Å². The van der Waals surface area contributed by atoms with Crippen LogP contribution in [0.25, 0.3) is 0 Å². The summed E-state index contributed by atoms with van der Waals surface area (Å²) in [5.74, 6) is 0.921. The van der Waals surface area contributed by atoms with Gasteiger partial charge in [0, 0.05) is 17.6 Å². The molecule has 1 N–H and O–H groups in total. The van der Waals surface area contributed by atoms with Crippen molar-refractivity contribution in [3.8, 4) is 5.75 Å². The van der Waals surface area contributed by atoms with Crippen molar-refractivity contribution < 1.29 is 9.47 Å². The highest BCUT2D eigenvalue weighted by Crippen LogP contribution is 2.34. The van der Waals surface area contributed by atoms with Crippen LogP contribution in [0.2, 0.25) is 0 Å². The van der Waals surface area contributed by atoms with Crippen LogP contribution in [0.5, 0.6) is 5.75 Å². The average molecular weight is 305 g/mol. The summed E-state index contributed by atoms with van der Waals surface area (Å²) in [5.41, 5.74) is 2.57. The second kappa shape index (κ2) is 8.17. The molecule has 1 atom stereocenters. The third-order valence-corrected chi connectivity index (χ3v) is 4.51. The number of hydrogen-bond donors (Lipinski definition) is 1. The number of para-hydroxylation sites is 1. The molecular weight excluding hydrogens is 282 g/mol. The number of aryl methyl sites for hydroxylation is 1. The topological polar surface area (TPSA) is 30.5 Å². The van der Waals surface area contributed by atoms with Gasteiger partial charge in [0.25, 0.3) is 0 Å². The molecule has 0 aliphatic heterocycles. The van der Waals surface area contributed by atoms with Gasteiger partial charge in [0.2, 0.25) is 0 Å². The van der Waals surface area contributed by atoms with Crippen molar-refractivity contribution in [2.24, 2.45) is 0 Å². The summed E-state index contributed by atoms with van der Waals surface area (Å²) in [6.45, 7) is 3.35. The van der Waals surface area contributed by atoms with Crippen molar-refractivity contribution in [2.75, 3.05) is 27.4 Å². The molecule has 1 aromatic carbocycles. The summed E-state index contributed by atoms with van der Waals surface area (Å²) in [6, 6.07) is 10.6. The molecule has 0 aliphatic carbocycles. The van der Waals surface area contributed by atoms with Crippen LogP contribution in [-0.4, -0.2) is 27.4 Å². The van der Waals surface area contributed by atoms with E-state index in [1.807, 2.05) is 19.2 Å². The Morgan fingerprint density at radius 1 is 1.19 bits per heavy atom. The summed E-state index contributed by atoms with van der Waals surface area (Å²) < 4.78 is 10.9. The number of nitrogens with one attached hydrogen (secondary N) is 1. The number of benzene rings is 1. The van der Waals surface area contributed by atoms with Gasteiger partial charge in [-0.25, -0.2) is 0 Å². The lowest BCUT2D eigenvalue weighted by Crippen LogP contribution is -2.19. The fraction of sp³-hybridized carbons (Fsp3) is 0.412. The van der Waals surface area contributed by atoms with E-state index >= 15 is 0 Å². The van der Waals surface area contributed by atoms with Gasteiger partial charge in [-0.2, -0.15) is 0 Å². The minimum absolute atomic E-state index is 0.165. The molecule has 2 rings (SSSR count). The van der Waals surface area contributed by atoms with E-state index in [-0.39, 0.29) is 6.04 Å². The molecule has 1 unspecified atom stereocenters. The largest absolute Gasteiger partial charge is 0.491 e. The van der Waals surface area contributed by atoms with Crippen LogP contribution in [-0.2, 0) is 11.2 Å². The summed E-state index contributed by atoms with van der Waals surface area (Å²) in [4.78, 5) is 1.36. The number of rotatable bonds is 8. The number of hydrogen-bond acceptors (Lipinski definition) is 4. The first kappa shape index (κ1) is 16.0. The van der Waals surface area contributed by atoms with Crippen molar-refractivity contribution in [2.45, 2.75) is 19.4 Å². The van der Waals surface area contributed by atoms with Gasteiger partial charge in [-0.1, -0.05) is 25.1 Å². The quantitative estimate of drug-likeness (QED) is 0.755. The lowest BCUT2D eigenvalue weighted by molar-refractivity contribution is 0.145. The van der Waals surface area contributed by atoms with Gasteiger partial charge in [0.05, 0.1) is 12.6 Å². The van der Waals surface area contributed by atoms with E-state index in [9.17, 15) is 0 Å². The second-order valence-corrected chi connectivity index (χ2v) is 5.71. The van der Waals surface area contributed by atoms with Crippen molar-refractivity contribution >= 4 is 11.3 Å². The number of thiophene rings is 1. The second-order valence-electron chi connectivity index (χ2n) is 4.76. The Hall–Kier alpha value is -1.36. The Labute approximate surface area is 130 Å². The highest BCUT2D eigenvalue weighted by atomic mass is 32.1. The molecule has 1 heterocycles. The molecule has 1 aromatic heterocycles. The van der Waals surface area contributed by atoms with Crippen LogP contribution < -0.4 is 10.1 Å². The van der Waals surface area contributed by atoms with E-state index in [1.165, 1.54) is 16.0 Å². The molecule has 2 aromatic rings. The molecule has 3 nitrogen and oxygen atoms in total. The molecular formula is C17H23NO2S. The van der Waals surface area contributed by atoms with Gasteiger partial charge in [0.1, 0.15) is 12.4 Å².